The molecule has 4 rings (SSSR count). The van der Waals surface area contributed by atoms with Gasteiger partial charge in [0.1, 0.15) is 5.69 Å². The number of hydrogen-bond acceptors (Lipinski definition) is 7. The minimum atomic E-state index is -0.603. The van der Waals surface area contributed by atoms with E-state index in [4.69, 9.17) is 4.98 Å². The number of aromatic nitrogens is 4. The van der Waals surface area contributed by atoms with E-state index in [0.717, 1.165) is 36.3 Å². The van der Waals surface area contributed by atoms with Crippen LogP contribution in [0, 0.1) is 5.21 Å². The second kappa shape index (κ2) is 9.75. The molecule has 1 aliphatic rings. The summed E-state index contributed by atoms with van der Waals surface area (Å²) in [5.74, 6) is 0.239. The van der Waals surface area contributed by atoms with Gasteiger partial charge in [-0.25, -0.2) is 4.79 Å². The minimum Gasteiger partial charge on any atom is -0.630 e. The SMILES string of the molecule is CC(C)=CCn1c(N2CCNCC2)nc2c1c(=O)n(CC(=O)c1ccc([NH2+][O-])cc1)c(=O)n2C. The average Bonchev–Trinajstić information content (AvgIpc) is 3.24. The van der Waals surface area contributed by atoms with Gasteiger partial charge in [0.05, 0.1) is 6.54 Å². The van der Waals surface area contributed by atoms with Crippen molar-refractivity contribution >= 4 is 28.6 Å². The largest absolute Gasteiger partial charge is 0.630 e. The Morgan fingerprint density at radius 2 is 1.82 bits per heavy atom. The molecule has 0 atom stereocenters. The molecule has 3 aromatic rings. The fourth-order valence-electron chi connectivity index (χ4n) is 4.04. The first-order valence-electron chi connectivity index (χ1n) is 11.2. The van der Waals surface area contributed by atoms with E-state index in [1.54, 1.807) is 7.05 Å². The Bertz CT molecular complexity index is 1360. The normalized spacial score (nSPS) is 13.9. The summed E-state index contributed by atoms with van der Waals surface area (Å²) in [4.78, 5) is 46.3. The lowest BCUT2D eigenvalue weighted by atomic mass is 10.1. The molecule has 0 unspecified atom stereocenters. The predicted octanol–water partition coefficient (Wildman–Crippen LogP) is -0.152. The number of anilines is 1. The monoisotopic (exact) mass is 467 g/mol. The molecule has 11 heteroatoms. The lowest BCUT2D eigenvalue weighted by Gasteiger charge is -2.28. The number of nitrogens with one attached hydrogen (secondary N) is 1. The molecular weight excluding hydrogens is 438 g/mol. The molecule has 34 heavy (non-hydrogen) atoms. The number of ketones is 1. The van der Waals surface area contributed by atoms with Gasteiger partial charge in [0.15, 0.2) is 16.9 Å². The summed E-state index contributed by atoms with van der Waals surface area (Å²) in [7, 11) is 1.56. The first-order valence-corrected chi connectivity index (χ1v) is 11.2. The molecule has 0 radical (unpaired) electrons. The van der Waals surface area contributed by atoms with E-state index in [0.29, 0.717) is 34.9 Å². The van der Waals surface area contributed by atoms with Crippen molar-refractivity contribution in [2.45, 2.75) is 26.9 Å². The number of carbonyl (C=O) groups is 1. The Morgan fingerprint density at radius 3 is 2.44 bits per heavy atom. The molecular formula is C23H29N7O4. The van der Waals surface area contributed by atoms with E-state index in [1.165, 1.54) is 28.8 Å². The number of nitrogens with two attached hydrogens (primary N) is 1. The molecule has 1 saturated heterocycles. The molecule has 1 aliphatic heterocycles. The predicted molar refractivity (Wildman–Crippen MR) is 129 cm³/mol. The van der Waals surface area contributed by atoms with Crippen molar-refractivity contribution in [3.8, 4) is 0 Å². The Hall–Kier alpha value is -3.54. The van der Waals surface area contributed by atoms with Crippen LogP contribution in [-0.4, -0.2) is 50.6 Å². The molecule has 1 fully saturated rings. The number of fused-ring (bicyclic) bond motifs is 1. The van der Waals surface area contributed by atoms with Crippen LogP contribution >= 0.6 is 0 Å². The summed E-state index contributed by atoms with van der Waals surface area (Å²) in [6.45, 7) is 7.04. The summed E-state index contributed by atoms with van der Waals surface area (Å²) in [5, 5.41) is 14.2. The van der Waals surface area contributed by atoms with Crippen LogP contribution in [0.4, 0.5) is 11.6 Å². The first-order chi connectivity index (χ1) is 16.3. The maximum Gasteiger partial charge on any atom is 0.332 e. The summed E-state index contributed by atoms with van der Waals surface area (Å²) in [6.07, 6.45) is 2.00. The highest BCUT2D eigenvalue weighted by atomic mass is 16.5. The van der Waals surface area contributed by atoms with Crippen LogP contribution in [0.25, 0.3) is 11.2 Å². The van der Waals surface area contributed by atoms with Gasteiger partial charge in [-0.3, -0.25) is 18.7 Å². The second-order valence-electron chi connectivity index (χ2n) is 8.61. The molecule has 2 aromatic heterocycles. The van der Waals surface area contributed by atoms with E-state index in [9.17, 15) is 19.6 Å². The number of aryl methyl sites for hydroxylation is 1. The summed E-state index contributed by atoms with van der Waals surface area (Å²) >= 11 is 0. The minimum absolute atomic E-state index is 0.289. The topological polar surface area (TPSA) is 134 Å². The van der Waals surface area contributed by atoms with Crippen LogP contribution in [0.5, 0.6) is 0 Å². The van der Waals surface area contributed by atoms with Gasteiger partial charge in [0.25, 0.3) is 5.56 Å². The number of allylic oxidation sites excluding steroid dienone is 2. The van der Waals surface area contributed by atoms with Gasteiger partial charge < -0.3 is 25.5 Å². The van der Waals surface area contributed by atoms with Crippen LogP contribution < -0.4 is 26.9 Å². The summed E-state index contributed by atoms with van der Waals surface area (Å²) < 4.78 is 4.11. The third kappa shape index (κ3) is 4.45. The smallest absolute Gasteiger partial charge is 0.332 e. The van der Waals surface area contributed by atoms with Crippen molar-refractivity contribution in [2.24, 2.45) is 7.05 Å². The molecule has 0 bridgehead atoms. The highest BCUT2D eigenvalue weighted by Gasteiger charge is 2.24. The highest BCUT2D eigenvalue weighted by Crippen LogP contribution is 2.20. The number of imidazole rings is 1. The molecule has 3 heterocycles. The zero-order valence-electron chi connectivity index (χ0n) is 19.6. The third-order valence-corrected chi connectivity index (χ3v) is 5.96. The first kappa shape index (κ1) is 23.6. The molecule has 3 N–H and O–H groups in total. The Labute approximate surface area is 195 Å². The van der Waals surface area contributed by atoms with Crippen molar-refractivity contribution in [2.75, 3.05) is 31.1 Å². The third-order valence-electron chi connectivity index (χ3n) is 5.96. The van der Waals surface area contributed by atoms with Gasteiger partial charge in [0.2, 0.25) is 5.95 Å². The van der Waals surface area contributed by atoms with Crippen LogP contribution in [0.2, 0.25) is 0 Å². The van der Waals surface area contributed by atoms with Crippen LogP contribution in [0.1, 0.15) is 24.2 Å². The maximum atomic E-state index is 13.6. The number of quaternary nitrogens is 1. The number of piperazine rings is 1. The average molecular weight is 468 g/mol. The van der Waals surface area contributed by atoms with Crippen molar-refractivity contribution in [3.63, 3.8) is 0 Å². The number of hydrogen-bond donors (Lipinski definition) is 2. The Morgan fingerprint density at radius 1 is 1.15 bits per heavy atom. The molecule has 0 spiro atoms. The molecule has 0 aliphatic carbocycles. The number of carbonyl (C=O) groups excluding carboxylic acids is 1. The van der Waals surface area contributed by atoms with Gasteiger partial charge >= 0.3 is 5.69 Å². The summed E-state index contributed by atoms with van der Waals surface area (Å²) in [6, 6.07) is 6.08. The van der Waals surface area contributed by atoms with Gasteiger partial charge in [-0.2, -0.15) is 4.98 Å². The zero-order chi connectivity index (χ0) is 24.4. The standard InChI is InChI=1S/C23H29N7O4/c1-15(2)8-11-29-19-20(25-22(29)28-12-9-24-10-13-28)27(3)23(33)30(21(19)32)14-18(31)16-4-6-17(26-34)7-5-16/h4-8,24H,9-14,26H2,1-3H3. The number of nitrogens with zero attached hydrogens (tertiary/aromatic N) is 5. The van der Waals surface area contributed by atoms with Gasteiger partial charge in [-0.1, -0.05) is 11.6 Å². The van der Waals surface area contributed by atoms with E-state index < -0.39 is 23.6 Å². The molecule has 0 saturated carbocycles. The van der Waals surface area contributed by atoms with Crippen LogP contribution in [0.15, 0.2) is 45.5 Å². The van der Waals surface area contributed by atoms with Crippen molar-refractivity contribution in [1.82, 2.24) is 24.0 Å². The van der Waals surface area contributed by atoms with E-state index in [1.807, 2.05) is 24.5 Å². The van der Waals surface area contributed by atoms with Gasteiger partial charge in [-0.05, 0) is 38.1 Å². The number of Topliss-reactive ketones (excluding diaryl/α,β-unsaturated/α-hetero) is 1. The van der Waals surface area contributed by atoms with Gasteiger partial charge in [-0.15, -0.1) is 0 Å². The molecule has 180 valence electrons. The Balaban J connectivity index is 1.84. The quantitative estimate of drug-likeness (QED) is 0.214. The maximum absolute atomic E-state index is 13.6. The number of rotatable bonds is 7. The van der Waals surface area contributed by atoms with E-state index in [2.05, 4.69) is 10.2 Å². The van der Waals surface area contributed by atoms with Crippen molar-refractivity contribution in [1.29, 1.82) is 0 Å². The lowest BCUT2D eigenvalue weighted by molar-refractivity contribution is -0.497. The van der Waals surface area contributed by atoms with Crippen LogP contribution in [-0.2, 0) is 20.1 Å². The fourth-order valence-corrected chi connectivity index (χ4v) is 4.04. The van der Waals surface area contributed by atoms with Gasteiger partial charge in [0, 0.05) is 45.3 Å². The van der Waals surface area contributed by atoms with Crippen LogP contribution in [0.3, 0.4) is 0 Å². The molecule has 1 aromatic carbocycles. The second-order valence-corrected chi connectivity index (χ2v) is 8.61. The lowest BCUT2D eigenvalue weighted by Crippen LogP contribution is -2.70. The highest BCUT2D eigenvalue weighted by molar-refractivity contribution is 5.96. The van der Waals surface area contributed by atoms with Crippen molar-refractivity contribution < 1.29 is 10.3 Å². The molecule has 0 amide bonds. The summed E-state index contributed by atoms with van der Waals surface area (Å²) in [5.41, 5.74) is 1.97. The fraction of sp³-hybridized carbons (Fsp3) is 0.391. The van der Waals surface area contributed by atoms with E-state index in [-0.39, 0.29) is 5.52 Å². The Kier molecular flexibility index (Phi) is 6.77. The zero-order valence-corrected chi connectivity index (χ0v) is 19.6. The number of benzene rings is 1. The molecule has 11 nitrogen and oxygen atoms in total. The van der Waals surface area contributed by atoms with Crippen molar-refractivity contribution in [3.05, 3.63) is 67.5 Å². The van der Waals surface area contributed by atoms with E-state index >= 15 is 0 Å².